The molecule has 0 N–H and O–H groups in total. The Morgan fingerprint density at radius 1 is 1.24 bits per heavy atom. The van der Waals surface area contributed by atoms with Crippen LogP contribution in [0.2, 0.25) is 0 Å². The van der Waals surface area contributed by atoms with E-state index in [1.54, 1.807) is 34.7 Å². The molecule has 1 aliphatic heterocycles. The number of rotatable bonds is 6. The van der Waals surface area contributed by atoms with E-state index in [1.165, 1.54) is 27.0 Å². The van der Waals surface area contributed by atoms with Gasteiger partial charge in [-0.1, -0.05) is 29.5 Å². The lowest BCUT2D eigenvalue weighted by molar-refractivity contribution is -0.123. The highest BCUT2D eigenvalue weighted by Gasteiger charge is 2.36. The molecule has 1 atom stereocenters. The fourth-order valence-corrected chi connectivity index (χ4v) is 7.82. The van der Waals surface area contributed by atoms with Crippen molar-refractivity contribution in [3.8, 4) is 0 Å². The molecule has 33 heavy (non-hydrogen) atoms. The van der Waals surface area contributed by atoms with Gasteiger partial charge in [0, 0.05) is 13.1 Å². The Balaban J connectivity index is 1.45. The SMILES string of the molecule is Cc1cccc2sc(N(Cc3ccco3)C(=O)C3CCCN(S(=O)(=O)c4cccs4)C3)nc12. The number of hydrogen-bond donors (Lipinski definition) is 0. The summed E-state index contributed by atoms with van der Waals surface area (Å²) in [6.07, 6.45) is 2.85. The summed E-state index contributed by atoms with van der Waals surface area (Å²) >= 11 is 2.66. The number of amides is 1. The number of nitrogens with zero attached hydrogens (tertiary/aromatic N) is 3. The molecule has 0 spiro atoms. The van der Waals surface area contributed by atoms with Crippen LogP contribution < -0.4 is 4.90 Å². The maximum absolute atomic E-state index is 13.8. The highest BCUT2D eigenvalue weighted by Crippen LogP contribution is 2.34. The quantitative estimate of drug-likeness (QED) is 0.375. The average molecular weight is 502 g/mol. The summed E-state index contributed by atoms with van der Waals surface area (Å²) in [5.41, 5.74) is 1.92. The normalized spacial score (nSPS) is 17.4. The number of aromatic nitrogens is 1. The van der Waals surface area contributed by atoms with Gasteiger partial charge >= 0.3 is 0 Å². The van der Waals surface area contributed by atoms with Crippen LogP contribution in [0.15, 0.2) is 62.7 Å². The molecule has 4 aromatic rings. The third-order valence-electron chi connectivity index (χ3n) is 5.82. The van der Waals surface area contributed by atoms with Gasteiger partial charge in [-0.25, -0.2) is 13.4 Å². The van der Waals surface area contributed by atoms with E-state index in [0.717, 1.165) is 15.8 Å². The summed E-state index contributed by atoms with van der Waals surface area (Å²) in [6.45, 7) is 2.83. The first-order valence-corrected chi connectivity index (χ1v) is 13.8. The molecule has 7 nitrogen and oxygen atoms in total. The maximum atomic E-state index is 13.8. The second kappa shape index (κ2) is 9.02. The van der Waals surface area contributed by atoms with E-state index in [-0.39, 0.29) is 19.0 Å². The molecular formula is C23H23N3O4S3. The summed E-state index contributed by atoms with van der Waals surface area (Å²) in [7, 11) is -3.60. The van der Waals surface area contributed by atoms with Gasteiger partial charge in [-0.2, -0.15) is 4.31 Å². The summed E-state index contributed by atoms with van der Waals surface area (Å²) in [5.74, 6) is 0.0731. The van der Waals surface area contributed by atoms with Gasteiger partial charge in [0.25, 0.3) is 10.0 Å². The zero-order valence-electron chi connectivity index (χ0n) is 18.0. The summed E-state index contributed by atoms with van der Waals surface area (Å²) < 4.78 is 34.4. The summed E-state index contributed by atoms with van der Waals surface area (Å²) in [6, 6.07) is 12.9. The average Bonchev–Trinajstić information content (AvgIpc) is 3.59. The van der Waals surface area contributed by atoms with Crippen LogP contribution in [0.25, 0.3) is 10.2 Å². The second-order valence-electron chi connectivity index (χ2n) is 8.06. The van der Waals surface area contributed by atoms with Crippen LogP contribution >= 0.6 is 22.7 Å². The molecule has 1 amide bonds. The third kappa shape index (κ3) is 4.35. The highest BCUT2D eigenvalue weighted by molar-refractivity contribution is 7.91. The number of benzene rings is 1. The lowest BCUT2D eigenvalue weighted by Crippen LogP contribution is -2.46. The molecule has 0 bridgehead atoms. The number of thiazole rings is 1. The van der Waals surface area contributed by atoms with Gasteiger partial charge < -0.3 is 4.42 Å². The standard InChI is InChI=1S/C23H23N3O4S3/c1-16-6-2-9-19-21(16)24-23(32-19)26(15-18-8-4-12-30-18)22(27)17-7-3-11-25(14-17)33(28,29)20-10-5-13-31-20/h2,4-6,8-10,12-13,17H,3,7,11,14-15H2,1H3. The van der Waals surface area contributed by atoms with Crippen molar-refractivity contribution >= 4 is 54.0 Å². The number of thiophene rings is 1. The lowest BCUT2D eigenvalue weighted by Gasteiger charge is -2.33. The molecule has 0 aliphatic carbocycles. The number of sulfonamides is 1. The monoisotopic (exact) mass is 501 g/mol. The molecule has 1 unspecified atom stereocenters. The fraction of sp³-hybridized carbons (Fsp3) is 0.304. The molecule has 1 fully saturated rings. The molecule has 1 saturated heterocycles. The first kappa shape index (κ1) is 22.3. The Kier molecular flexibility index (Phi) is 6.09. The molecule has 1 aliphatic rings. The predicted molar refractivity (Wildman–Crippen MR) is 130 cm³/mol. The minimum Gasteiger partial charge on any atom is -0.467 e. The number of furan rings is 1. The molecule has 10 heteroatoms. The number of carbonyl (C=O) groups excluding carboxylic acids is 1. The van der Waals surface area contributed by atoms with Crippen LogP contribution in [0.4, 0.5) is 5.13 Å². The van der Waals surface area contributed by atoms with Gasteiger partial charge in [0.2, 0.25) is 5.91 Å². The van der Waals surface area contributed by atoms with Crippen molar-refractivity contribution < 1.29 is 17.6 Å². The van der Waals surface area contributed by atoms with E-state index < -0.39 is 15.9 Å². The van der Waals surface area contributed by atoms with E-state index >= 15 is 0 Å². The minimum atomic E-state index is -3.60. The Labute approximate surface area is 200 Å². The zero-order chi connectivity index (χ0) is 23.0. The van der Waals surface area contributed by atoms with Crippen LogP contribution in [0.5, 0.6) is 0 Å². The Bertz CT molecular complexity index is 1360. The van der Waals surface area contributed by atoms with Crippen molar-refractivity contribution in [2.24, 2.45) is 5.92 Å². The third-order valence-corrected chi connectivity index (χ3v) is 10.1. The number of fused-ring (bicyclic) bond motifs is 1. The topological polar surface area (TPSA) is 83.7 Å². The molecule has 0 radical (unpaired) electrons. The van der Waals surface area contributed by atoms with Gasteiger partial charge in [-0.3, -0.25) is 9.69 Å². The Hall–Kier alpha value is -2.53. The smallest absolute Gasteiger partial charge is 0.252 e. The Morgan fingerprint density at radius 3 is 2.85 bits per heavy atom. The largest absolute Gasteiger partial charge is 0.467 e. The zero-order valence-corrected chi connectivity index (χ0v) is 20.5. The van der Waals surface area contributed by atoms with Crippen molar-refractivity contribution in [1.82, 2.24) is 9.29 Å². The minimum absolute atomic E-state index is 0.130. The fourth-order valence-electron chi connectivity index (χ4n) is 4.11. The highest BCUT2D eigenvalue weighted by atomic mass is 32.2. The van der Waals surface area contributed by atoms with E-state index in [2.05, 4.69) is 0 Å². The van der Waals surface area contributed by atoms with Gasteiger partial charge in [0.15, 0.2) is 5.13 Å². The van der Waals surface area contributed by atoms with Crippen LogP contribution in [0.1, 0.15) is 24.2 Å². The van der Waals surface area contributed by atoms with Gasteiger partial charge in [-0.15, -0.1) is 11.3 Å². The van der Waals surface area contributed by atoms with Gasteiger partial charge in [0.05, 0.1) is 28.9 Å². The van der Waals surface area contributed by atoms with Crippen LogP contribution in [-0.2, 0) is 21.4 Å². The van der Waals surface area contributed by atoms with E-state index in [0.29, 0.717) is 34.5 Å². The summed E-state index contributed by atoms with van der Waals surface area (Å²) in [4.78, 5) is 20.2. The van der Waals surface area contributed by atoms with Gasteiger partial charge in [-0.05, 0) is 55.0 Å². The summed E-state index contributed by atoms with van der Waals surface area (Å²) in [5, 5.41) is 2.35. The number of carbonyl (C=O) groups is 1. The van der Waals surface area contributed by atoms with E-state index in [1.807, 2.05) is 31.2 Å². The Morgan fingerprint density at radius 2 is 2.12 bits per heavy atom. The van der Waals surface area contributed by atoms with E-state index in [4.69, 9.17) is 9.40 Å². The molecule has 4 heterocycles. The first-order chi connectivity index (χ1) is 15.9. The molecule has 1 aromatic carbocycles. The van der Waals surface area contributed by atoms with E-state index in [9.17, 15) is 13.2 Å². The maximum Gasteiger partial charge on any atom is 0.252 e. The van der Waals surface area contributed by atoms with Gasteiger partial charge in [0.1, 0.15) is 9.97 Å². The van der Waals surface area contributed by atoms with Crippen molar-refractivity contribution in [3.63, 3.8) is 0 Å². The number of hydrogen-bond acceptors (Lipinski definition) is 7. The number of aryl methyl sites for hydroxylation is 1. The number of piperidine rings is 1. The van der Waals surface area contributed by atoms with Crippen molar-refractivity contribution in [3.05, 3.63) is 65.4 Å². The van der Waals surface area contributed by atoms with Crippen LogP contribution in [0, 0.1) is 12.8 Å². The van der Waals surface area contributed by atoms with Crippen molar-refractivity contribution in [2.45, 2.75) is 30.5 Å². The number of anilines is 1. The lowest BCUT2D eigenvalue weighted by atomic mass is 9.98. The molecule has 3 aromatic heterocycles. The van der Waals surface area contributed by atoms with Crippen molar-refractivity contribution in [2.75, 3.05) is 18.0 Å². The molecule has 0 saturated carbocycles. The molecular weight excluding hydrogens is 478 g/mol. The molecule has 5 rings (SSSR count). The predicted octanol–water partition coefficient (Wildman–Crippen LogP) is 4.89. The van der Waals surface area contributed by atoms with Crippen molar-refractivity contribution in [1.29, 1.82) is 0 Å². The van der Waals surface area contributed by atoms with Crippen LogP contribution in [0.3, 0.4) is 0 Å². The second-order valence-corrected chi connectivity index (χ2v) is 12.2. The number of para-hydroxylation sites is 1. The van der Waals surface area contributed by atoms with Crippen LogP contribution in [-0.4, -0.2) is 36.7 Å². The molecule has 172 valence electrons. The first-order valence-electron chi connectivity index (χ1n) is 10.7.